The molecule has 0 aromatic rings. The molecule has 0 bridgehead atoms. The Kier molecular flexibility index (Phi) is 7.72. The fourth-order valence-corrected chi connectivity index (χ4v) is 3.85. The van der Waals surface area contributed by atoms with E-state index >= 15 is 0 Å². The fourth-order valence-electron chi connectivity index (χ4n) is 3.85. The third-order valence-electron chi connectivity index (χ3n) is 5.27. The normalized spacial score (nSPS) is 27.9. The van der Waals surface area contributed by atoms with Crippen molar-refractivity contribution in [2.45, 2.75) is 77.6 Å². The molecule has 1 aliphatic heterocycles. The van der Waals surface area contributed by atoms with Gasteiger partial charge in [-0.15, -0.1) is 0 Å². The molecular weight excluding hydrogens is 242 g/mol. The van der Waals surface area contributed by atoms with Crippen LogP contribution in [0.1, 0.15) is 77.6 Å². The average Bonchev–Trinajstić information content (AvgIpc) is 2.44. The first-order valence-electron chi connectivity index (χ1n) is 9.27. The zero-order chi connectivity index (χ0) is 14.0. The van der Waals surface area contributed by atoms with Gasteiger partial charge in [-0.25, -0.2) is 0 Å². The summed E-state index contributed by atoms with van der Waals surface area (Å²) in [5, 5.41) is 0. The predicted octanol–water partition coefficient (Wildman–Crippen LogP) is 5.42. The molecule has 1 nitrogen and oxygen atoms in total. The first-order chi connectivity index (χ1) is 9.88. The van der Waals surface area contributed by atoms with Gasteiger partial charge in [0.2, 0.25) is 0 Å². The summed E-state index contributed by atoms with van der Waals surface area (Å²) in [6.07, 6.45) is 20.7. The molecule has 0 spiro atoms. The number of likely N-dealkylation sites (tertiary alicyclic amines) is 1. The number of nitrogens with zero attached hydrogens (tertiary/aromatic N) is 1. The van der Waals surface area contributed by atoms with E-state index in [1.54, 1.807) is 0 Å². The first-order valence-corrected chi connectivity index (χ1v) is 9.27. The van der Waals surface area contributed by atoms with Crippen molar-refractivity contribution < 1.29 is 0 Å². The maximum atomic E-state index is 2.74. The number of piperidine rings is 1. The molecule has 116 valence electrons. The highest BCUT2D eigenvalue weighted by atomic mass is 15.1. The average molecular weight is 277 g/mol. The molecule has 2 aliphatic rings. The molecule has 1 fully saturated rings. The van der Waals surface area contributed by atoms with Crippen molar-refractivity contribution in [1.82, 2.24) is 4.90 Å². The van der Waals surface area contributed by atoms with Crippen molar-refractivity contribution in [3.63, 3.8) is 0 Å². The van der Waals surface area contributed by atoms with Gasteiger partial charge in [0.05, 0.1) is 0 Å². The van der Waals surface area contributed by atoms with Gasteiger partial charge >= 0.3 is 0 Å². The number of rotatable bonds is 6. The van der Waals surface area contributed by atoms with Crippen molar-refractivity contribution in [3.8, 4) is 0 Å². The Morgan fingerprint density at radius 1 is 1.00 bits per heavy atom. The molecule has 0 saturated carbocycles. The third kappa shape index (κ3) is 5.99. The van der Waals surface area contributed by atoms with E-state index in [4.69, 9.17) is 0 Å². The molecular formula is C19H35N. The summed E-state index contributed by atoms with van der Waals surface area (Å²) in [7, 11) is 0. The van der Waals surface area contributed by atoms with Crippen LogP contribution in [0.15, 0.2) is 12.2 Å². The van der Waals surface area contributed by atoms with Crippen LogP contribution in [0.5, 0.6) is 0 Å². The third-order valence-corrected chi connectivity index (χ3v) is 5.27. The molecule has 0 aromatic heterocycles. The smallest absolute Gasteiger partial charge is 0.00443 e. The highest BCUT2D eigenvalue weighted by Gasteiger charge is 2.20. The molecule has 1 atom stereocenters. The Labute approximate surface area is 126 Å². The van der Waals surface area contributed by atoms with Crippen molar-refractivity contribution in [2.24, 2.45) is 11.8 Å². The molecule has 0 aromatic carbocycles. The van der Waals surface area contributed by atoms with E-state index in [1.165, 1.54) is 90.3 Å². The van der Waals surface area contributed by atoms with Gasteiger partial charge in [-0.3, -0.25) is 0 Å². The lowest BCUT2D eigenvalue weighted by Gasteiger charge is -2.34. The summed E-state index contributed by atoms with van der Waals surface area (Å²) in [6.45, 7) is 6.37. The molecule has 1 heterocycles. The van der Waals surface area contributed by atoms with Crippen molar-refractivity contribution in [2.75, 3.05) is 19.6 Å². The van der Waals surface area contributed by atoms with E-state index in [2.05, 4.69) is 24.0 Å². The number of unbranched alkanes of at least 4 members (excludes halogenated alkanes) is 2. The lowest BCUT2D eigenvalue weighted by Crippen LogP contribution is -2.36. The summed E-state index contributed by atoms with van der Waals surface area (Å²) in [5.74, 6) is 1.87. The van der Waals surface area contributed by atoms with Crippen LogP contribution in [0, 0.1) is 11.8 Å². The summed E-state index contributed by atoms with van der Waals surface area (Å²) in [5.41, 5.74) is 0. The number of hydrogen-bond acceptors (Lipinski definition) is 1. The second kappa shape index (κ2) is 9.60. The van der Waals surface area contributed by atoms with Crippen molar-refractivity contribution >= 4 is 0 Å². The van der Waals surface area contributed by atoms with Crippen molar-refractivity contribution in [1.29, 1.82) is 0 Å². The van der Waals surface area contributed by atoms with Gasteiger partial charge in [-0.05, 0) is 57.0 Å². The first kappa shape index (κ1) is 16.1. The van der Waals surface area contributed by atoms with Crippen LogP contribution in [0.25, 0.3) is 0 Å². The van der Waals surface area contributed by atoms with E-state index in [-0.39, 0.29) is 0 Å². The molecule has 2 rings (SSSR count). The largest absolute Gasteiger partial charge is 0.303 e. The standard InChI is InChI=1S/C19H35N/c1-2-3-7-10-18-13-15-20(16-14-18)17-19-11-8-5-4-6-9-12-19/h8,11,18-19H,2-7,9-10,12-17H2,1H3/b11-8-. The van der Waals surface area contributed by atoms with Gasteiger partial charge in [0.15, 0.2) is 0 Å². The highest BCUT2D eigenvalue weighted by molar-refractivity contribution is 4.92. The quantitative estimate of drug-likeness (QED) is 0.463. The Hall–Kier alpha value is -0.300. The Balaban J connectivity index is 1.64. The molecule has 1 saturated heterocycles. The van der Waals surface area contributed by atoms with Gasteiger partial charge in [0.25, 0.3) is 0 Å². The maximum Gasteiger partial charge on any atom is 0.00443 e. The van der Waals surface area contributed by atoms with Gasteiger partial charge < -0.3 is 4.90 Å². The molecule has 1 aliphatic carbocycles. The van der Waals surface area contributed by atoms with Gasteiger partial charge in [-0.2, -0.15) is 0 Å². The summed E-state index contributed by atoms with van der Waals surface area (Å²) < 4.78 is 0. The lowest BCUT2D eigenvalue weighted by molar-refractivity contribution is 0.160. The van der Waals surface area contributed by atoms with Crippen LogP contribution in [0.2, 0.25) is 0 Å². The van der Waals surface area contributed by atoms with Crippen LogP contribution >= 0.6 is 0 Å². The predicted molar refractivity (Wildman–Crippen MR) is 89.0 cm³/mol. The fraction of sp³-hybridized carbons (Fsp3) is 0.895. The minimum atomic E-state index is 0.840. The molecule has 1 heteroatoms. The van der Waals surface area contributed by atoms with E-state index in [9.17, 15) is 0 Å². The Morgan fingerprint density at radius 3 is 2.65 bits per heavy atom. The van der Waals surface area contributed by atoms with Gasteiger partial charge in [0, 0.05) is 6.54 Å². The van der Waals surface area contributed by atoms with Crippen LogP contribution in [-0.4, -0.2) is 24.5 Å². The monoisotopic (exact) mass is 277 g/mol. The van der Waals surface area contributed by atoms with Gasteiger partial charge in [0.1, 0.15) is 0 Å². The SMILES string of the molecule is CCCCCC1CCN(CC2/C=C\CCCCC2)CC1. The van der Waals surface area contributed by atoms with E-state index in [1.807, 2.05) is 0 Å². The van der Waals surface area contributed by atoms with Crippen molar-refractivity contribution in [3.05, 3.63) is 12.2 Å². The second-order valence-corrected chi connectivity index (χ2v) is 7.07. The van der Waals surface area contributed by atoms with E-state index in [0.717, 1.165) is 11.8 Å². The maximum absolute atomic E-state index is 2.74. The Morgan fingerprint density at radius 2 is 1.85 bits per heavy atom. The summed E-state index contributed by atoms with van der Waals surface area (Å²) in [6, 6.07) is 0. The lowest BCUT2D eigenvalue weighted by atomic mass is 9.90. The minimum absolute atomic E-state index is 0.840. The Bertz CT molecular complexity index is 263. The molecule has 20 heavy (non-hydrogen) atoms. The van der Waals surface area contributed by atoms with Crippen LogP contribution in [0.3, 0.4) is 0 Å². The summed E-state index contributed by atoms with van der Waals surface area (Å²) in [4.78, 5) is 2.74. The minimum Gasteiger partial charge on any atom is -0.303 e. The summed E-state index contributed by atoms with van der Waals surface area (Å²) >= 11 is 0. The van der Waals surface area contributed by atoms with Gasteiger partial charge in [-0.1, -0.05) is 57.6 Å². The number of hydrogen-bond donors (Lipinski definition) is 0. The highest BCUT2D eigenvalue weighted by Crippen LogP contribution is 2.25. The molecule has 1 unspecified atom stereocenters. The molecule has 0 amide bonds. The van der Waals surface area contributed by atoms with Crippen LogP contribution in [-0.2, 0) is 0 Å². The molecule has 0 N–H and O–H groups in total. The topological polar surface area (TPSA) is 3.24 Å². The van der Waals surface area contributed by atoms with Crippen LogP contribution < -0.4 is 0 Å². The zero-order valence-electron chi connectivity index (χ0n) is 13.7. The van der Waals surface area contributed by atoms with E-state index < -0.39 is 0 Å². The molecule has 0 radical (unpaired) electrons. The number of allylic oxidation sites excluding steroid dienone is 1. The zero-order valence-corrected chi connectivity index (χ0v) is 13.7. The second-order valence-electron chi connectivity index (χ2n) is 7.07. The van der Waals surface area contributed by atoms with Crippen LogP contribution in [0.4, 0.5) is 0 Å². The van der Waals surface area contributed by atoms with E-state index in [0.29, 0.717) is 0 Å².